The number of ketones is 1. The predicted molar refractivity (Wildman–Crippen MR) is 111 cm³/mol. The van der Waals surface area contributed by atoms with Gasteiger partial charge in [0.15, 0.2) is 17.3 Å². The topological polar surface area (TPSA) is 113 Å². The third-order valence-corrected chi connectivity index (χ3v) is 4.98. The first-order chi connectivity index (χ1) is 13.9. The number of aromatic nitrogens is 1. The lowest BCUT2D eigenvalue weighted by Crippen LogP contribution is -2.13. The van der Waals surface area contributed by atoms with Crippen LogP contribution in [0.2, 0.25) is 0 Å². The van der Waals surface area contributed by atoms with Crippen LogP contribution in [0.5, 0.6) is 17.2 Å². The first-order valence-corrected chi connectivity index (χ1v) is 9.19. The van der Waals surface area contributed by atoms with E-state index < -0.39 is 11.8 Å². The number of fused-ring (bicyclic) bond motifs is 1. The second-order valence-electron chi connectivity index (χ2n) is 5.99. The summed E-state index contributed by atoms with van der Waals surface area (Å²) in [4.78, 5) is 28.8. The molecule has 152 valence electrons. The number of esters is 1. The Morgan fingerprint density at radius 2 is 1.69 bits per heavy atom. The van der Waals surface area contributed by atoms with Gasteiger partial charge in [-0.1, -0.05) is 15.9 Å². The summed E-state index contributed by atoms with van der Waals surface area (Å²) in [6.45, 7) is 0. The Morgan fingerprint density at radius 3 is 2.28 bits per heavy atom. The van der Waals surface area contributed by atoms with E-state index in [-0.39, 0.29) is 39.8 Å². The molecule has 3 aromatic rings. The van der Waals surface area contributed by atoms with Crippen LogP contribution in [-0.2, 0) is 4.74 Å². The standard InChI is InChI=1S/C20H19BrN2O6/c1-26-13-8-11(15(22)19(28-3)18(13)27-2)17(24)14-10-7-9(21)5-6-12(10)23-16(14)20(25)29-4/h5-8,23H,22H2,1-4H3. The van der Waals surface area contributed by atoms with Gasteiger partial charge in [-0.05, 0) is 24.3 Å². The molecule has 0 bridgehead atoms. The van der Waals surface area contributed by atoms with Crippen LogP contribution in [0.4, 0.5) is 5.69 Å². The summed E-state index contributed by atoms with van der Waals surface area (Å²) < 4.78 is 21.6. The minimum Gasteiger partial charge on any atom is -0.493 e. The third kappa shape index (κ3) is 3.38. The molecular formula is C20H19BrN2O6. The summed E-state index contributed by atoms with van der Waals surface area (Å²) in [5.74, 6) is -0.476. The fraction of sp³-hybridized carbons (Fsp3) is 0.200. The minimum atomic E-state index is -0.674. The van der Waals surface area contributed by atoms with E-state index in [1.807, 2.05) is 0 Å². The molecule has 0 saturated carbocycles. The number of carbonyl (C=O) groups excluding carboxylic acids is 2. The third-order valence-electron chi connectivity index (χ3n) is 4.49. The lowest BCUT2D eigenvalue weighted by atomic mass is 9.97. The van der Waals surface area contributed by atoms with Gasteiger partial charge in [-0.15, -0.1) is 0 Å². The number of aromatic amines is 1. The normalized spacial score (nSPS) is 10.7. The minimum absolute atomic E-state index is 0.0266. The Bertz CT molecular complexity index is 1120. The number of nitrogen functional groups attached to an aromatic ring is 1. The van der Waals surface area contributed by atoms with Crippen molar-refractivity contribution in [3.05, 3.63) is 45.6 Å². The maximum absolute atomic E-state index is 13.6. The Morgan fingerprint density at radius 1 is 1.00 bits per heavy atom. The number of hydrogen-bond donors (Lipinski definition) is 2. The Labute approximate surface area is 175 Å². The van der Waals surface area contributed by atoms with Gasteiger partial charge in [-0.2, -0.15) is 0 Å². The molecule has 0 aliphatic rings. The van der Waals surface area contributed by atoms with E-state index in [0.29, 0.717) is 10.9 Å². The van der Waals surface area contributed by atoms with Crippen molar-refractivity contribution in [2.45, 2.75) is 0 Å². The van der Waals surface area contributed by atoms with Crippen LogP contribution in [0.3, 0.4) is 0 Å². The van der Waals surface area contributed by atoms with Gasteiger partial charge in [0.2, 0.25) is 5.75 Å². The summed E-state index contributed by atoms with van der Waals surface area (Å²) in [5, 5.41) is 0.540. The molecule has 2 aromatic carbocycles. The number of nitrogens with one attached hydrogen (secondary N) is 1. The van der Waals surface area contributed by atoms with Crippen molar-refractivity contribution in [3.63, 3.8) is 0 Å². The molecule has 3 rings (SSSR count). The molecule has 0 unspecified atom stereocenters. The van der Waals surface area contributed by atoms with Gasteiger partial charge in [0.1, 0.15) is 5.69 Å². The van der Waals surface area contributed by atoms with Gasteiger partial charge in [-0.25, -0.2) is 4.79 Å². The van der Waals surface area contributed by atoms with Crippen LogP contribution in [-0.4, -0.2) is 45.2 Å². The molecule has 0 fully saturated rings. The summed E-state index contributed by atoms with van der Waals surface area (Å²) in [6, 6.07) is 6.74. The number of carbonyl (C=O) groups is 2. The molecule has 0 aliphatic heterocycles. The molecule has 0 amide bonds. The molecule has 0 atom stereocenters. The maximum atomic E-state index is 13.6. The monoisotopic (exact) mass is 462 g/mol. The summed E-state index contributed by atoms with van der Waals surface area (Å²) in [5.41, 5.74) is 7.14. The van der Waals surface area contributed by atoms with E-state index >= 15 is 0 Å². The molecule has 8 nitrogen and oxygen atoms in total. The van der Waals surface area contributed by atoms with Crippen molar-refractivity contribution in [3.8, 4) is 17.2 Å². The average Bonchev–Trinajstić information content (AvgIpc) is 3.10. The zero-order valence-electron chi connectivity index (χ0n) is 16.2. The first kappa shape index (κ1) is 20.5. The van der Waals surface area contributed by atoms with E-state index in [1.165, 1.54) is 34.5 Å². The first-order valence-electron chi connectivity index (χ1n) is 8.40. The van der Waals surface area contributed by atoms with Crippen molar-refractivity contribution in [2.75, 3.05) is 34.2 Å². The largest absolute Gasteiger partial charge is 0.493 e. The average molecular weight is 463 g/mol. The van der Waals surface area contributed by atoms with E-state index in [4.69, 9.17) is 24.7 Å². The van der Waals surface area contributed by atoms with E-state index in [2.05, 4.69) is 20.9 Å². The molecule has 29 heavy (non-hydrogen) atoms. The quantitative estimate of drug-likeness (QED) is 0.327. The van der Waals surface area contributed by atoms with E-state index in [1.54, 1.807) is 18.2 Å². The van der Waals surface area contributed by atoms with Crippen molar-refractivity contribution in [1.82, 2.24) is 4.98 Å². The fourth-order valence-corrected chi connectivity index (χ4v) is 3.52. The highest BCUT2D eigenvalue weighted by Gasteiger charge is 2.29. The van der Waals surface area contributed by atoms with Crippen LogP contribution >= 0.6 is 15.9 Å². The molecular weight excluding hydrogens is 444 g/mol. The van der Waals surface area contributed by atoms with Gasteiger partial charge in [0.25, 0.3) is 0 Å². The number of benzene rings is 2. The lowest BCUT2D eigenvalue weighted by Gasteiger charge is -2.17. The molecule has 0 aliphatic carbocycles. The second-order valence-corrected chi connectivity index (χ2v) is 6.91. The molecule has 1 aromatic heterocycles. The van der Waals surface area contributed by atoms with Crippen LogP contribution in [0.25, 0.3) is 10.9 Å². The Balaban J connectivity index is 2.33. The second kappa shape index (κ2) is 8.04. The number of hydrogen-bond acceptors (Lipinski definition) is 7. The summed E-state index contributed by atoms with van der Waals surface area (Å²) in [7, 11) is 5.52. The molecule has 9 heteroatoms. The number of anilines is 1. The van der Waals surface area contributed by atoms with Gasteiger partial charge in [-0.3, -0.25) is 4.79 Å². The highest BCUT2D eigenvalue weighted by molar-refractivity contribution is 9.10. The number of rotatable bonds is 6. The fourth-order valence-electron chi connectivity index (χ4n) is 3.16. The molecule has 0 saturated heterocycles. The number of methoxy groups -OCH3 is 4. The highest BCUT2D eigenvalue weighted by Crippen LogP contribution is 2.44. The maximum Gasteiger partial charge on any atom is 0.355 e. The van der Waals surface area contributed by atoms with Crippen molar-refractivity contribution >= 4 is 44.3 Å². The predicted octanol–water partition coefficient (Wildman–Crippen LogP) is 3.56. The highest BCUT2D eigenvalue weighted by atomic mass is 79.9. The van der Waals surface area contributed by atoms with Gasteiger partial charge in [0.05, 0.1) is 45.3 Å². The van der Waals surface area contributed by atoms with E-state index in [0.717, 1.165) is 4.47 Å². The van der Waals surface area contributed by atoms with Crippen molar-refractivity contribution in [2.24, 2.45) is 0 Å². The number of nitrogens with two attached hydrogens (primary N) is 1. The number of ether oxygens (including phenoxy) is 4. The van der Waals surface area contributed by atoms with Crippen molar-refractivity contribution < 1.29 is 28.5 Å². The molecule has 3 N–H and O–H groups in total. The Kier molecular flexibility index (Phi) is 5.69. The number of halogens is 1. The van der Waals surface area contributed by atoms with Crippen LogP contribution in [0, 0.1) is 0 Å². The van der Waals surface area contributed by atoms with Gasteiger partial charge in [0, 0.05) is 15.4 Å². The summed E-state index contributed by atoms with van der Waals surface area (Å²) >= 11 is 3.39. The summed E-state index contributed by atoms with van der Waals surface area (Å²) in [6.07, 6.45) is 0. The zero-order valence-corrected chi connectivity index (χ0v) is 17.8. The van der Waals surface area contributed by atoms with Crippen molar-refractivity contribution in [1.29, 1.82) is 0 Å². The Hall–Kier alpha value is -3.20. The molecule has 0 radical (unpaired) electrons. The molecule has 1 heterocycles. The zero-order chi connectivity index (χ0) is 21.3. The van der Waals surface area contributed by atoms with Gasteiger partial charge < -0.3 is 29.7 Å². The van der Waals surface area contributed by atoms with Crippen LogP contribution in [0.1, 0.15) is 26.4 Å². The number of H-pyrrole nitrogens is 1. The van der Waals surface area contributed by atoms with E-state index in [9.17, 15) is 9.59 Å². The molecule has 0 spiro atoms. The lowest BCUT2D eigenvalue weighted by molar-refractivity contribution is 0.0592. The van der Waals surface area contributed by atoms with Crippen LogP contribution in [0.15, 0.2) is 28.7 Å². The smallest absolute Gasteiger partial charge is 0.355 e. The SMILES string of the molecule is COC(=O)c1[nH]c2ccc(Br)cc2c1C(=O)c1cc(OC)c(OC)c(OC)c1N. The van der Waals surface area contributed by atoms with Gasteiger partial charge >= 0.3 is 5.97 Å². The van der Waals surface area contributed by atoms with Crippen LogP contribution < -0.4 is 19.9 Å².